The van der Waals surface area contributed by atoms with Crippen LogP contribution in [-0.4, -0.2) is 24.5 Å². The highest BCUT2D eigenvalue weighted by Gasteiger charge is 2.34. The molecule has 0 aliphatic heterocycles. The number of fused-ring (bicyclic) bond motifs is 1. The number of nitrogens with zero attached hydrogens (tertiary/aromatic N) is 2. The SMILES string of the molecule is CN(CC(=O)NCc1ccco1)c1nc2c(C(F)(F)F)cccc2s1. The zero-order valence-corrected chi connectivity index (χ0v) is 13.9. The summed E-state index contributed by atoms with van der Waals surface area (Å²) < 4.78 is 44.7. The van der Waals surface area contributed by atoms with Crippen LogP contribution in [0.3, 0.4) is 0 Å². The second-order valence-electron chi connectivity index (χ2n) is 5.36. The molecular formula is C16H14F3N3O2S. The lowest BCUT2D eigenvalue weighted by Crippen LogP contribution is -2.34. The van der Waals surface area contributed by atoms with E-state index in [1.54, 1.807) is 25.2 Å². The van der Waals surface area contributed by atoms with E-state index >= 15 is 0 Å². The van der Waals surface area contributed by atoms with Gasteiger partial charge in [0.15, 0.2) is 5.13 Å². The van der Waals surface area contributed by atoms with Gasteiger partial charge in [0.2, 0.25) is 5.91 Å². The normalized spacial score (nSPS) is 11.7. The standard InChI is InChI=1S/C16H14F3N3O2S/c1-22(9-13(23)20-8-10-4-3-7-24-10)15-21-14-11(16(17,18)19)5-2-6-12(14)25-15/h2-7H,8-9H2,1H3,(H,20,23). The molecule has 25 heavy (non-hydrogen) atoms. The van der Waals surface area contributed by atoms with Crippen molar-refractivity contribution in [3.63, 3.8) is 0 Å². The number of benzene rings is 1. The van der Waals surface area contributed by atoms with Crippen LogP contribution in [0.2, 0.25) is 0 Å². The number of thiazole rings is 1. The number of amides is 1. The number of aromatic nitrogens is 1. The molecule has 0 spiro atoms. The van der Waals surface area contributed by atoms with Crippen LogP contribution in [0, 0.1) is 0 Å². The predicted octanol–water partition coefficient (Wildman–Crippen LogP) is 3.66. The average Bonchev–Trinajstić information content (AvgIpc) is 3.20. The fourth-order valence-electron chi connectivity index (χ4n) is 2.27. The molecule has 132 valence electrons. The van der Waals surface area contributed by atoms with Crippen molar-refractivity contribution in [2.45, 2.75) is 12.7 Å². The van der Waals surface area contributed by atoms with Crippen molar-refractivity contribution in [1.29, 1.82) is 0 Å². The average molecular weight is 369 g/mol. The highest BCUT2D eigenvalue weighted by atomic mass is 32.1. The minimum absolute atomic E-state index is 0.0259. The molecule has 1 amide bonds. The fourth-order valence-corrected chi connectivity index (χ4v) is 3.22. The molecular weight excluding hydrogens is 355 g/mol. The smallest absolute Gasteiger partial charge is 0.418 e. The Bertz CT molecular complexity index is 875. The Balaban J connectivity index is 1.71. The Morgan fingerprint density at radius 1 is 1.32 bits per heavy atom. The lowest BCUT2D eigenvalue weighted by Gasteiger charge is -2.14. The third kappa shape index (κ3) is 3.93. The number of halogens is 3. The summed E-state index contributed by atoms with van der Waals surface area (Å²) in [6.07, 6.45) is -2.96. The number of hydrogen-bond acceptors (Lipinski definition) is 5. The molecule has 2 aromatic heterocycles. The monoisotopic (exact) mass is 369 g/mol. The molecule has 9 heteroatoms. The summed E-state index contributed by atoms with van der Waals surface area (Å²) >= 11 is 1.11. The van der Waals surface area contributed by atoms with Gasteiger partial charge in [-0.3, -0.25) is 4.79 Å². The van der Waals surface area contributed by atoms with E-state index in [2.05, 4.69) is 10.3 Å². The van der Waals surface area contributed by atoms with Gasteiger partial charge in [-0.05, 0) is 24.3 Å². The van der Waals surface area contributed by atoms with Crippen molar-refractivity contribution in [2.24, 2.45) is 0 Å². The lowest BCUT2D eigenvalue weighted by atomic mass is 10.2. The summed E-state index contributed by atoms with van der Waals surface area (Å²) in [7, 11) is 1.61. The Morgan fingerprint density at radius 3 is 2.80 bits per heavy atom. The van der Waals surface area contributed by atoms with Crippen molar-refractivity contribution in [2.75, 3.05) is 18.5 Å². The molecule has 0 unspecified atom stereocenters. The van der Waals surface area contributed by atoms with Gasteiger partial charge in [-0.25, -0.2) is 4.98 Å². The van der Waals surface area contributed by atoms with Gasteiger partial charge in [0.25, 0.3) is 0 Å². The number of likely N-dealkylation sites (N-methyl/N-ethyl adjacent to an activating group) is 1. The molecule has 0 saturated carbocycles. The molecule has 1 N–H and O–H groups in total. The van der Waals surface area contributed by atoms with Crippen LogP contribution in [0.25, 0.3) is 10.2 Å². The van der Waals surface area contributed by atoms with E-state index in [0.717, 1.165) is 17.4 Å². The number of carbonyl (C=O) groups is 1. The first-order valence-electron chi connectivity index (χ1n) is 7.31. The number of hydrogen-bond donors (Lipinski definition) is 1. The zero-order valence-electron chi connectivity index (χ0n) is 13.1. The van der Waals surface area contributed by atoms with E-state index < -0.39 is 11.7 Å². The Morgan fingerprint density at radius 2 is 2.12 bits per heavy atom. The first kappa shape index (κ1) is 17.3. The topological polar surface area (TPSA) is 58.4 Å². The van der Waals surface area contributed by atoms with Gasteiger partial charge in [0.1, 0.15) is 5.76 Å². The molecule has 0 atom stereocenters. The first-order chi connectivity index (χ1) is 11.8. The van der Waals surface area contributed by atoms with Gasteiger partial charge in [0, 0.05) is 7.05 Å². The van der Waals surface area contributed by atoms with Gasteiger partial charge in [-0.1, -0.05) is 17.4 Å². The Hall–Kier alpha value is -2.55. The van der Waals surface area contributed by atoms with Gasteiger partial charge in [-0.15, -0.1) is 0 Å². The minimum Gasteiger partial charge on any atom is -0.467 e. The second kappa shape index (κ2) is 6.75. The van der Waals surface area contributed by atoms with Crippen molar-refractivity contribution in [3.8, 4) is 0 Å². The molecule has 0 fully saturated rings. The van der Waals surface area contributed by atoms with Gasteiger partial charge >= 0.3 is 6.18 Å². The molecule has 0 aliphatic rings. The van der Waals surface area contributed by atoms with Crippen LogP contribution in [0.5, 0.6) is 0 Å². The highest BCUT2D eigenvalue weighted by Crippen LogP contribution is 2.38. The summed E-state index contributed by atoms with van der Waals surface area (Å²) in [5.41, 5.74) is -0.874. The number of para-hydroxylation sites is 1. The number of anilines is 1. The maximum absolute atomic E-state index is 13.1. The minimum atomic E-state index is -4.47. The molecule has 3 rings (SSSR count). The van der Waals surface area contributed by atoms with E-state index in [1.165, 1.54) is 17.2 Å². The molecule has 0 radical (unpaired) electrons. The zero-order chi connectivity index (χ0) is 18.0. The van der Waals surface area contributed by atoms with E-state index in [1.807, 2.05) is 0 Å². The van der Waals surface area contributed by atoms with Crippen molar-refractivity contribution < 1.29 is 22.4 Å². The Labute approximate surface area is 145 Å². The molecule has 3 aromatic rings. The molecule has 0 saturated heterocycles. The number of rotatable bonds is 5. The van der Waals surface area contributed by atoms with Crippen LogP contribution in [0.15, 0.2) is 41.0 Å². The summed E-state index contributed by atoms with van der Waals surface area (Å²) in [4.78, 5) is 17.5. The molecule has 1 aromatic carbocycles. The molecule has 0 bridgehead atoms. The Kier molecular flexibility index (Phi) is 4.67. The molecule has 2 heterocycles. The van der Waals surface area contributed by atoms with E-state index in [9.17, 15) is 18.0 Å². The van der Waals surface area contributed by atoms with Crippen molar-refractivity contribution in [1.82, 2.24) is 10.3 Å². The van der Waals surface area contributed by atoms with Crippen molar-refractivity contribution >= 4 is 32.6 Å². The quantitative estimate of drug-likeness (QED) is 0.746. The van der Waals surface area contributed by atoms with E-state index in [4.69, 9.17) is 4.42 Å². The van der Waals surface area contributed by atoms with Crippen molar-refractivity contribution in [3.05, 3.63) is 47.9 Å². The number of furan rings is 1. The number of alkyl halides is 3. The van der Waals surface area contributed by atoms with Crippen LogP contribution < -0.4 is 10.2 Å². The van der Waals surface area contributed by atoms with Gasteiger partial charge in [0.05, 0.1) is 35.1 Å². The predicted molar refractivity (Wildman–Crippen MR) is 88.4 cm³/mol. The highest BCUT2D eigenvalue weighted by molar-refractivity contribution is 7.22. The number of nitrogens with one attached hydrogen (secondary N) is 1. The maximum atomic E-state index is 13.1. The molecule has 5 nitrogen and oxygen atoms in total. The molecule has 0 aliphatic carbocycles. The largest absolute Gasteiger partial charge is 0.467 e. The third-order valence-electron chi connectivity index (χ3n) is 3.46. The van der Waals surface area contributed by atoms with Crippen LogP contribution >= 0.6 is 11.3 Å². The first-order valence-corrected chi connectivity index (χ1v) is 8.13. The summed E-state index contributed by atoms with van der Waals surface area (Å²) in [5.74, 6) is 0.333. The second-order valence-corrected chi connectivity index (χ2v) is 6.37. The summed E-state index contributed by atoms with van der Waals surface area (Å²) in [6.45, 7) is 0.222. The fraction of sp³-hybridized carbons (Fsp3) is 0.250. The van der Waals surface area contributed by atoms with E-state index in [0.29, 0.717) is 15.6 Å². The van der Waals surface area contributed by atoms with Crippen LogP contribution in [0.1, 0.15) is 11.3 Å². The summed E-state index contributed by atoms with van der Waals surface area (Å²) in [5, 5.41) is 3.02. The summed E-state index contributed by atoms with van der Waals surface area (Å²) in [6, 6.07) is 7.38. The van der Waals surface area contributed by atoms with Gasteiger partial charge in [-0.2, -0.15) is 13.2 Å². The number of carbonyl (C=O) groups excluding carboxylic acids is 1. The van der Waals surface area contributed by atoms with Crippen LogP contribution in [-0.2, 0) is 17.5 Å². The van der Waals surface area contributed by atoms with Gasteiger partial charge < -0.3 is 14.6 Å². The maximum Gasteiger partial charge on any atom is 0.418 e. The third-order valence-corrected chi connectivity index (χ3v) is 4.60. The lowest BCUT2D eigenvalue weighted by molar-refractivity contribution is -0.136. The van der Waals surface area contributed by atoms with Crippen LogP contribution in [0.4, 0.5) is 18.3 Å². The van der Waals surface area contributed by atoms with E-state index in [-0.39, 0.29) is 24.5 Å².